The van der Waals surface area contributed by atoms with Crippen LogP contribution in [-0.4, -0.2) is 27.6 Å². The van der Waals surface area contributed by atoms with Crippen molar-refractivity contribution in [2.24, 2.45) is 11.1 Å². The van der Waals surface area contributed by atoms with Crippen molar-refractivity contribution in [1.82, 2.24) is 0 Å². The molecule has 1 atom stereocenters. The summed E-state index contributed by atoms with van der Waals surface area (Å²) in [4.78, 5) is 11.8. The number of hydrogen-bond acceptors (Lipinski definition) is 5. The van der Waals surface area contributed by atoms with Crippen LogP contribution in [0, 0.1) is 5.92 Å². The Balaban J connectivity index is 2.98. The fraction of sp³-hybridized carbons (Fsp3) is 0.500. The molecule has 0 spiro atoms. The molecule has 0 radical (unpaired) electrons. The summed E-state index contributed by atoms with van der Waals surface area (Å²) in [6.07, 6.45) is -0.297. The van der Waals surface area contributed by atoms with E-state index in [9.17, 15) is 13.2 Å². The van der Waals surface area contributed by atoms with E-state index in [1.165, 1.54) is 25.3 Å². The van der Waals surface area contributed by atoms with Crippen LogP contribution in [0.3, 0.4) is 0 Å². The topological polar surface area (TPSA) is 95.7 Å². The van der Waals surface area contributed by atoms with Crippen LogP contribution in [0.2, 0.25) is 0 Å². The second kappa shape index (κ2) is 6.91. The number of benzene rings is 1. The summed E-state index contributed by atoms with van der Waals surface area (Å²) in [5, 5.41) is 5.08. The van der Waals surface area contributed by atoms with Crippen molar-refractivity contribution >= 4 is 16.0 Å². The Morgan fingerprint density at radius 1 is 1.29 bits per heavy atom. The van der Waals surface area contributed by atoms with Gasteiger partial charge in [-0.25, -0.2) is 13.6 Å². The summed E-state index contributed by atoms with van der Waals surface area (Å²) in [5.41, 5.74) is 0.421. The molecule has 0 saturated carbocycles. The maximum atomic E-state index is 11.9. The Bertz CT molecular complexity index is 610. The first-order chi connectivity index (χ1) is 9.65. The zero-order valence-corrected chi connectivity index (χ0v) is 13.4. The first kappa shape index (κ1) is 17.5. The van der Waals surface area contributed by atoms with Crippen LogP contribution in [0.15, 0.2) is 23.1 Å². The van der Waals surface area contributed by atoms with E-state index < -0.39 is 16.0 Å². The second-order valence-corrected chi connectivity index (χ2v) is 6.70. The van der Waals surface area contributed by atoms with Crippen molar-refractivity contribution in [1.29, 1.82) is 0 Å². The Morgan fingerprint density at radius 3 is 2.38 bits per heavy atom. The number of methoxy groups -OCH3 is 1. The molecule has 0 saturated heterocycles. The standard InChI is InChI=1S/C14H21NO5S/c1-9(2)10(3)20-14(16)8-11-7-12(21(15,17)18)5-6-13(11)19-4/h5-7,9-10H,8H2,1-4H3,(H2,15,17,18). The Morgan fingerprint density at radius 2 is 1.90 bits per heavy atom. The highest BCUT2D eigenvalue weighted by Gasteiger charge is 2.17. The highest BCUT2D eigenvalue weighted by atomic mass is 32.2. The molecule has 1 aromatic rings. The van der Waals surface area contributed by atoms with Crippen LogP contribution >= 0.6 is 0 Å². The molecule has 21 heavy (non-hydrogen) atoms. The van der Waals surface area contributed by atoms with Gasteiger partial charge in [-0.3, -0.25) is 4.79 Å². The minimum atomic E-state index is -3.83. The third-order valence-electron chi connectivity index (χ3n) is 3.17. The second-order valence-electron chi connectivity index (χ2n) is 5.13. The Kier molecular flexibility index (Phi) is 5.74. The first-order valence-corrected chi connectivity index (χ1v) is 8.09. The average Bonchev–Trinajstić information content (AvgIpc) is 2.37. The lowest BCUT2D eigenvalue weighted by Gasteiger charge is -2.17. The van der Waals surface area contributed by atoms with Crippen LogP contribution < -0.4 is 9.88 Å². The maximum absolute atomic E-state index is 11.9. The van der Waals surface area contributed by atoms with Gasteiger partial charge in [0.2, 0.25) is 10.0 Å². The summed E-state index contributed by atoms with van der Waals surface area (Å²) >= 11 is 0. The number of primary sulfonamides is 1. The predicted octanol–water partition coefficient (Wildman–Crippen LogP) is 1.47. The van der Waals surface area contributed by atoms with Gasteiger partial charge in [0.25, 0.3) is 0 Å². The number of nitrogens with two attached hydrogens (primary N) is 1. The fourth-order valence-electron chi connectivity index (χ4n) is 1.61. The first-order valence-electron chi connectivity index (χ1n) is 6.54. The van der Waals surface area contributed by atoms with Gasteiger partial charge in [-0.05, 0) is 31.0 Å². The molecule has 6 nitrogen and oxygen atoms in total. The molecular weight excluding hydrogens is 294 g/mol. The van der Waals surface area contributed by atoms with Gasteiger partial charge in [-0.2, -0.15) is 0 Å². The number of carbonyl (C=O) groups excluding carboxylic acids is 1. The largest absolute Gasteiger partial charge is 0.496 e. The van der Waals surface area contributed by atoms with Gasteiger partial charge >= 0.3 is 5.97 Å². The molecule has 0 aliphatic rings. The number of esters is 1. The molecule has 1 unspecified atom stereocenters. The van der Waals surface area contributed by atoms with Gasteiger partial charge in [-0.1, -0.05) is 13.8 Å². The highest BCUT2D eigenvalue weighted by Crippen LogP contribution is 2.23. The molecule has 1 rings (SSSR count). The van der Waals surface area contributed by atoms with E-state index in [4.69, 9.17) is 14.6 Å². The summed E-state index contributed by atoms with van der Waals surface area (Å²) in [6.45, 7) is 5.70. The van der Waals surface area contributed by atoms with E-state index in [2.05, 4.69) is 0 Å². The summed E-state index contributed by atoms with van der Waals surface area (Å²) in [7, 11) is -2.39. The van der Waals surface area contributed by atoms with Crippen LogP contribution in [0.1, 0.15) is 26.3 Å². The van der Waals surface area contributed by atoms with Gasteiger partial charge in [0.05, 0.1) is 18.4 Å². The predicted molar refractivity (Wildman–Crippen MR) is 78.5 cm³/mol. The molecule has 0 aromatic heterocycles. The quantitative estimate of drug-likeness (QED) is 0.802. The van der Waals surface area contributed by atoms with E-state index in [-0.39, 0.29) is 23.3 Å². The fourth-order valence-corrected chi connectivity index (χ4v) is 2.17. The molecular formula is C14H21NO5S. The molecule has 0 aliphatic carbocycles. The van der Waals surface area contributed by atoms with Gasteiger partial charge in [0.15, 0.2) is 0 Å². The molecule has 1 aromatic carbocycles. The van der Waals surface area contributed by atoms with Gasteiger partial charge in [-0.15, -0.1) is 0 Å². The lowest BCUT2D eigenvalue weighted by molar-refractivity contribution is -0.149. The van der Waals surface area contributed by atoms with Crippen LogP contribution in [-0.2, 0) is 26.0 Å². The molecule has 0 heterocycles. The van der Waals surface area contributed by atoms with Crippen LogP contribution in [0.4, 0.5) is 0 Å². The van der Waals surface area contributed by atoms with Crippen molar-refractivity contribution in [3.8, 4) is 5.75 Å². The van der Waals surface area contributed by atoms with E-state index in [0.717, 1.165) is 0 Å². The Hall–Kier alpha value is -1.60. The number of ether oxygens (including phenoxy) is 2. The zero-order valence-electron chi connectivity index (χ0n) is 12.6. The van der Waals surface area contributed by atoms with Crippen LogP contribution in [0.5, 0.6) is 5.75 Å². The summed E-state index contributed by atoms with van der Waals surface area (Å²) < 4.78 is 33.1. The van der Waals surface area contributed by atoms with Gasteiger partial charge < -0.3 is 9.47 Å². The van der Waals surface area contributed by atoms with E-state index in [0.29, 0.717) is 11.3 Å². The molecule has 0 aliphatic heterocycles. The number of rotatable bonds is 6. The summed E-state index contributed by atoms with van der Waals surface area (Å²) in [6, 6.07) is 4.13. The van der Waals surface area contributed by atoms with E-state index in [1.807, 2.05) is 13.8 Å². The van der Waals surface area contributed by atoms with E-state index >= 15 is 0 Å². The molecule has 118 valence electrons. The lowest BCUT2D eigenvalue weighted by atomic mass is 10.1. The van der Waals surface area contributed by atoms with Crippen molar-refractivity contribution in [3.05, 3.63) is 23.8 Å². The van der Waals surface area contributed by atoms with Crippen molar-refractivity contribution in [2.45, 2.75) is 38.2 Å². The van der Waals surface area contributed by atoms with Crippen molar-refractivity contribution in [2.75, 3.05) is 7.11 Å². The van der Waals surface area contributed by atoms with Gasteiger partial charge in [0.1, 0.15) is 11.9 Å². The third kappa shape index (κ3) is 5.02. The van der Waals surface area contributed by atoms with Gasteiger partial charge in [0, 0.05) is 5.56 Å². The Labute approximate surface area is 125 Å². The van der Waals surface area contributed by atoms with Crippen LogP contribution in [0.25, 0.3) is 0 Å². The lowest BCUT2D eigenvalue weighted by Crippen LogP contribution is -2.21. The minimum absolute atomic E-state index is 0.0667. The molecule has 0 fully saturated rings. The average molecular weight is 315 g/mol. The SMILES string of the molecule is COc1ccc(S(N)(=O)=O)cc1CC(=O)OC(C)C(C)C. The highest BCUT2D eigenvalue weighted by molar-refractivity contribution is 7.89. The van der Waals surface area contributed by atoms with E-state index in [1.54, 1.807) is 6.92 Å². The van der Waals surface area contributed by atoms with Crippen molar-refractivity contribution in [3.63, 3.8) is 0 Å². The third-order valence-corrected chi connectivity index (χ3v) is 4.08. The molecule has 2 N–H and O–H groups in total. The number of hydrogen-bond donors (Lipinski definition) is 1. The maximum Gasteiger partial charge on any atom is 0.310 e. The minimum Gasteiger partial charge on any atom is -0.496 e. The zero-order chi connectivity index (χ0) is 16.2. The number of carbonyl (C=O) groups is 1. The monoisotopic (exact) mass is 315 g/mol. The van der Waals surface area contributed by atoms with Crippen molar-refractivity contribution < 1.29 is 22.7 Å². The molecule has 7 heteroatoms. The summed E-state index contributed by atoms with van der Waals surface area (Å²) in [5.74, 6) is 0.171. The smallest absolute Gasteiger partial charge is 0.310 e. The normalized spacial score (nSPS) is 13.0. The molecule has 0 bridgehead atoms. The molecule has 0 amide bonds. The number of sulfonamides is 1.